The number of carbonyl (C=O) groups is 1. The molecule has 2 rings (SSSR count). The molecule has 0 spiro atoms. The number of rotatable bonds is 6. The Kier molecular flexibility index (Phi) is 4.38. The molecule has 0 aliphatic heterocycles. The van der Waals surface area contributed by atoms with Gasteiger partial charge in [0.25, 0.3) is 0 Å². The van der Waals surface area contributed by atoms with E-state index < -0.39 is 10.0 Å². The number of benzene rings is 1. The van der Waals surface area contributed by atoms with Gasteiger partial charge in [-0.2, -0.15) is 0 Å². The predicted molar refractivity (Wildman–Crippen MR) is 81.2 cm³/mol. The van der Waals surface area contributed by atoms with Crippen molar-refractivity contribution in [3.63, 3.8) is 0 Å². The number of primary sulfonamides is 1. The van der Waals surface area contributed by atoms with E-state index in [9.17, 15) is 13.2 Å². The highest BCUT2D eigenvalue weighted by Crippen LogP contribution is 2.28. The van der Waals surface area contributed by atoms with E-state index in [0.717, 1.165) is 12.8 Å². The summed E-state index contributed by atoms with van der Waals surface area (Å²) in [6.45, 7) is 2.60. The van der Waals surface area contributed by atoms with Crippen LogP contribution in [0.5, 0.6) is 0 Å². The molecule has 0 unspecified atom stereocenters. The lowest BCUT2D eigenvalue weighted by Crippen LogP contribution is -2.30. The van der Waals surface area contributed by atoms with Crippen molar-refractivity contribution < 1.29 is 13.2 Å². The lowest BCUT2D eigenvalue weighted by molar-refractivity contribution is -0.122. The molecule has 1 aromatic rings. The highest BCUT2D eigenvalue weighted by molar-refractivity contribution is 7.89. The standard InChI is InChI=1S/C13H20N4O3S/c1-8-11(6-10(14)7-12(8)21(15,19)20)16-4-5-17-13(18)9-2-3-9/h6-7,9,16H,2-5,14H2,1H3,(H,17,18)(H2,15,19,20). The Morgan fingerprint density at radius 1 is 1.33 bits per heavy atom. The predicted octanol–water partition coefficient (Wildman–Crippen LogP) is 0.163. The lowest BCUT2D eigenvalue weighted by atomic mass is 10.2. The van der Waals surface area contributed by atoms with Crippen LogP contribution in [0.3, 0.4) is 0 Å². The zero-order valence-electron chi connectivity index (χ0n) is 11.8. The second-order valence-corrected chi connectivity index (χ2v) is 6.76. The fourth-order valence-corrected chi connectivity index (χ4v) is 2.90. The normalized spacial score (nSPS) is 14.8. The largest absolute Gasteiger partial charge is 0.399 e. The Labute approximate surface area is 124 Å². The molecule has 1 aromatic carbocycles. The van der Waals surface area contributed by atoms with Gasteiger partial charge in [0, 0.05) is 30.4 Å². The third-order valence-corrected chi connectivity index (χ3v) is 4.41. The van der Waals surface area contributed by atoms with E-state index in [0.29, 0.717) is 30.0 Å². The minimum absolute atomic E-state index is 0.00650. The van der Waals surface area contributed by atoms with Crippen molar-refractivity contribution in [2.45, 2.75) is 24.7 Å². The molecular formula is C13H20N4O3S. The first-order valence-corrected chi connectivity index (χ1v) is 8.28. The van der Waals surface area contributed by atoms with Gasteiger partial charge in [-0.3, -0.25) is 4.79 Å². The Morgan fingerprint density at radius 3 is 2.57 bits per heavy atom. The van der Waals surface area contributed by atoms with Crippen LogP contribution in [0, 0.1) is 12.8 Å². The number of hydrogen-bond acceptors (Lipinski definition) is 5. The summed E-state index contributed by atoms with van der Waals surface area (Å²) in [6, 6.07) is 2.98. The first-order valence-electron chi connectivity index (χ1n) is 6.73. The lowest BCUT2D eigenvalue weighted by Gasteiger charge is -2.14. The Morgan fingerprint density at radius 2 is 2.00 bits per heavy atom. The van der Waals surface area contributed by atoms with E-state index >= 15 is 0 Å². The smallest absolute Gasteiger partial charge is 0.238 e. The van der Waals surface area contributed by atoms with Gasteiger partial charge in [0.1, 0.15) is 0 Å². The van der Waals surface area contributed by atoms with Crippen LogP contribution >= 0.6 is 0 Å². The second-order valence-electron chi connectivity index (χ2n) is 5.23. The number of sulfonamides is 1. The van der Waals surface area contributed by atoms with Gasteiger partial charge in [0.15, 0.2) is 0 Å². The first-order chi connectivity index (χ1) is 9.79. The topological polar surface area (TPSA) is 127 Å². The summed E-state index contributed by atoms with van der Waals surface area (Å²) in [6.07, 6.45) is 1.93. The summed E-state index contributed by atoms with van der Waals surface area (Å²) < 4.78 is 23.0. The van der Waals surface area contributed by atoms with Gasteiger partial charge >= 0.3 is 0 Å². The highest BCUT2D eigenvalue weighted by atomic mass is 32.2. The van der Waals surface area contributed by atoms with Gasteiger partial charge in [0.2, 0.25) is 15.9 Å². The molecule has 6 N–H and O–H groups in total. The van der Waals surface area contributed by atoms with Crippen molar-refractivity contribution in [1.82, 2.24) is 5.32 Å². The van der Waals surface area contributed by atoms with Gasteiger partial charge < -0.3 is 16.4 Å². The molecular weight excluding hydrogens is 292 g/mol. The van der Waals surface area contributed by atoms with Crippen molar-refractivity contribution in [2.75, 3.05) is 24.1 Å². The van der Waals surface area contributed by atoms with Gasteiger partial charge in [0.05, 0.1) is 4.90 Å². The molecule has 0 saturated heterocycles. The third kappa shape index (κ3) is 4.08. The van der Waals surface area contributed by atoms with Crippen LogP contribution < -0.4 is 21.5 Å². The van der Waals surface area contributed by atoms with Crippen LogP contribution in [0.2, 0.25) is 0 Å². The van der Waals surface area contributed by atoms with Crippen molar-refractivity contribution in [3.05, 3.63) is 17.7 Å². The summed E-state index contributed by atoms with van der Waals surface area (Å²) in [7, 11) is -3.82. The van der Waals surface area contributed by atoms with Crippen molar-refractivity contribution in [3.8, 4) is 0 Å². The number of amides is 1. The molecule has 0 aromatic heterocycles. The van der Waals surface area contributed by atoms with Gasteiger partial charge in [-0.05, 0) is 37.5 Å². The van der Waals surface area contributed by atoms with Crippen LogP contribution in [-0.2, 0) is 14.8 Å². The number of nitrogens with one attached hydrogen (secondary N) is 2. The van der Waals surface area contributed by atoms with Gasteiger partial charge in [-0.25, -0.2) is 13.6 Å². The summed E-state index contributed by atoms with van der Waals surface area (Å²) >= 11 is 0. The summed E-state index contributed by atoms with van der Waals surface area (Å²) in [4.78, 5) is 11.5. The Bertz CT molecular complexity index is 654. The molecule has 1 aliphatic carbocycles. The van der Waals surface area contributed by atoms with Gasteiger partial charge in [-0.1, -0.05) is 0 Å². The molecule has 0 bridgehead atoms. The number of nitrogens with two attached hydrogens (primary N) is 2. The molecule has 0 radical (unpaired) electrons. The Hall–Kier alpha value is -1.80. The fraction of sp³-hybridized carbons (Fsp3) is 0.462. The van der Waals surface area contributed by atoms with Crippen LogP contribution in [0.15, 0.2) is 17.0 Å². The average molecular weight is 312 g/mol. The van der Waals surface area contributed by atoms with E-state index in [1.807, 2.05) is 0 Å². The molecule has 21 heavy (non-hydrogen) atoms. The molecule has 0 heterocycles. The van der Waals surface area contributed by atoms with Crippen LogP contribution in [0.1, 0.15) is 18.4 Å². The molecule has 116 valence electrons. The fourth-order valence-electron chi connectivity index (χ4n) is 2.06. The molecule has 1 saturated carbocycles. The molecule has 1 amide bonds. The monoisotopic (exact) mass is 312 g/mol. The molecule has 1 fully saturated rings. The first kappa shape index (κ1) is 15.6. The SMILES string of the molecule is Cc1c(NCCNC(=O)C2CC2)cc(N)cc1S(N)(=O)=O. The quantitative estimate of drug-likeness (QED) is 0.439. The zero-order valence-corrected chi connectivity index (χ0v) is 12.7. The van der Waals surface area contributed by atoms with E-state index in [2.05, 4.69) is 10.6 Å². The average Bonchev–Trinajstić information content (AvgIpc) is 3.20. The van der Waals surface area contributed by atoms with Crippen LogP contribution in [0.25, 0.3) is 0 Å². The van der Waals surface area contributed by atoms with Crippen molar-refractivity contribution >= 4 is 27.3 Å². The molecule has 0 atom stereocenters. The second kappa shape index (κ2) is 5.90. The summed E-state index contributed by atoms with van der Waals surface area (Å²) in [5.74, 6) is 0.249. The molecule has 7 nitrogen and oxygen atoms in total. The minimum Gasteiger partial charge on any atom is -0.399 e. The number of anilines is 2. The third-order valence-electron chi connectivity index (χ3n) is 3.38. The van der Waals surface area contributed by atoms with E-state index in [1.165, 1.54) is 6.07 Å². The Balaban J connectivity index is 1.99. The number of carbonyl (C=O) groups excluding carboxylic acids is 1. The van der Waals surface area contributed by atoms with Crippen LogP contribution in [-0.4, -0.2) is 27.4 Å². The maximum absolute atomic E-state index is 11.5. The van der Waals surface area contributed by atoms with E-state index in [4.69, 9.17) is 10.9 Å². The van der Waals surface area contributed by atoms with Crippen LogP contribution in [0.4, 0.5) is 11.4 Å². The van der Waals surface area contributed by atoms with Crippen molar-refractivity contribution in [1.29, 1.82) is 0 Å². The summed E-state index contributed by atoms with van der Waals surface area (Å²) in [5, 5.41) is 11.0. The maximum Gasteiger partial charge on any atom is 0.238 e. The highest BCUT2D eigenvalue weighted by Gasteiger charge is 2.28. The van der Waals surface area contributed by atoms with Gasteiger partial charge in [-0.15, -0.1) is 0 Å². The minimum atomic E-state index is -3.82. The van der Waals surface area contributed by atoms with Crippen molar-refractivity contribution in [2.24, 2.45) is 11.1 Å². The van der Waals surface area contributed by atoms with E-state index in [1.54, 1.807) is 13.0 Å². The molecule has 8 heteroatoms. The summed E-state index contributed by atoms with van der Waals surface area (Å²) in [5.41, 5.74) is 7.12. The maximum atomic E-state index is 11.5. The molecule has 1 aliphatic rings. The zero-order chi connectivity index (χ0) is 15.6. The number of nitrogen functional groups attached to an aromatic ring is 1. The number of hydrogen-bond donors (Lipinski definition) is 4. The van der Waals surface area contributed by atoms with E-state index in [-0.39, 0.29) is 16.7 Å².